The molecule has 1 heterocycles. The van der Waals surface area contributed by atoms with Gasteiger partial charge in [-0.1, -0.05) is 19.1 Å². The summed E-state index contributed by atoms with van der Waals surface area (Å²) in [5.74, 6) is -0.680. The van der Waals surface area contributed by atoms with E-state index in [1.807, 2.05) is 11.8 Å². The van der Waals surface area contributed by atoms with Crippen molar-refractivity contribution in [3.05, 3.63) is 48.0 Å². The summed E-state index contributed by atoms with van der Waals surface area (Å²) < 4.78 is 19.5. The lowest BCUT2D eigenvalue weighted by Crippen LogP contribution is -2.56. The highest BCUT2D eigenvalue weighted by Gasteiger charge is 2.34. The average molecular weight is 389 g/mol. The van der Waals surface area contributed by atoms with Gasteiger partial charge in [-0.25, -0.2) is 9.18 Å². The fourth-order valence-corrected chi connectivity index (χ4v) is 3.38. The van der Waals surface area contributed by atoms with E-state index in [0.717, 1.165) is 0 Å². The monoisotopic (exact) mass is 389 g/mol. The number of hydrogen-bond donors (Lipinski definition) is 3. The Morgan fingerprint density at radius 3 is 2.71 bits per heavy atom. The van der Waals surface area contributed by atoms with Crippen LogP contribution in [0.3, 0.4) is 0 Å². The van der Waals surface area contributed by atoms with E-state index in [-0.39, 0.29) is 31.2 Å². The van der Waals surface area contributed by atoms with Crippen molar-refractivity contribution < 1.29 is 23.5 Å². The number of nitrogens with one attached hydrogen (secondary N) is 2. The number of hydrogen-bond acceptors (Lipinski definition) is 4. The molecule has 2 amide bonds. The quantitative estimate of drug-likeness (QED) is 0.645. The number of urea groups is 1. The zero-order chi connectivity index (χ0) is 20.1. The van der Waals surface area contributed by atoms with Crippen LogP contribution < -0.4 is 10.6 Å². The Bertz CT molecular complexity index is 819. The van der Waals surface area contributed by atoms with Gasteiger partial charge in [0.2, 0.25) is 0 Å². The van der Waals surface area contributed by atoms with E-state index in [0.29, 0.717) is 36.3 Å². The third kappa shape index (κ3) is 4.89. The van der Waals surface area contributed by atoms with Gasteiger partial charge in [-0.3, -0.25) is 9.69 Å². The maximum absolute atomic E-state index is 14.2. The maximum Gasteiger partial charge on any atom is 0.317 e. The molecule has 8 heteroatoms. The molecule has 3 N–H and O–H groups in total. The molecule has 28 heavy (non-hydrogen) atoms. The smallest absolute Gasteiger partial charge is 0.317 e. The molecule has 0 bridgehead atoms. The van der Waals surface area contributed by atoms with Gasteiger partial charge >= 0.3 is 12.0 Å². The Labute approximate surface area is 162 Å². The third-order valence-corrected chi connectivity index (χ3v) is 5.01. The summed E-state index contributed by atoms with van der Waals surface area (Å²) in [6.07, 6.45) is 2.95. The molecule has 3 rings (SSSR count). The van der Waals surface area contributed by atoms with Crippen LogP contribution in [0.5, 0.6) is 0 Å². The summed E-state index contributed by atoms with van der Waals surface area (Å²) in [7, 11) is 0. The lowest BCUT2D eigenvalue weighted by Gasteiger charge is -2.42. The van der Waals surface area contributed by atoms with Crippen molar-refractivity contribution in [2.45, 2.75) is 38.4 Å². The second-order valence-electron chi connectivity index (χ2n) is 6.89. The number of carboxylic acids is 1. The molecular formula is C20H24FN3O4. The van der Waals surface area contributed by atoms with E-state index in [9.17, 15) is 14.0 Å². The summed E-state index contributed by atoms with van der Waals surface area (Å²) in [5.41, 5.74) is 1.02. The molecule has 1 saturated carbocycles. The number of nitrogens with zero attached hydrogens (tertiary/aromatic N) is 1. The highest BCUT2D eigenvalue weighted by molar-refractivity contribution is 5.74. The van der Waals surface area contributed by atoms with E-state index in [4.69, 9.17) is 9.52 Å². The van der Waals surface area contributed by atoms with Crippen LogP contribution in [0.25, 0.3) is 11.3 Å². The van der Waals surface area contributed by atoms with Crippen LogP contribution in [0.4, 0.5) is 9.18 Å². The van der Waals surface area contributed by atoms with E-state index in [2.05, 4.69) is 10.6 Å². The largest absolute Gasteiger partial charge is 0.480 e. The van der Waals surface area contributed by atoms with Crippen molar-refractivity contribution in [1.82, 2.24) is 15.5 Å². The van der Waals surface area contributed by atoms with Gasteiger partial charge in [0.1, 0.15) is 11.6 Å². The average Bonchev–Trinajstić information content (AvgIpc) is 3.16. The molecular weight excluding hydrogens is 365 g/mol. The first-order valence-electron chi connectivity index (χ1n) is 9.28. The minimum absolute atomic E-state index is 0.000907. The molecule has 1 aliphatic rings. The molecule has 1 aromatic heterocycles. The second kappa shape index (κ2) is 8.88. The summed E-state index contributed by atoms with van der Waals surface area (Å²) in [6, 6.07) is 8.04. The Hall–Kier alpha value is -2.87. The molecule has 2 aromatic rings. The normalized spacial score (nSPS) is 18.5. The number of amides is 2. The van der Waals surface area contributed by atoms with Crippen LogP contribution >= 0.6 is 0 Å². The predicted octanol–water partition coefficient (Wildman–Crippen LogP) is 2.82. The summed E-state index contributed by atoms with van der Waals surface area (Å²) in [4.78, 5) is 24.8. The SMILES string of the molecule is CCN(CC(=O)O)C1CC(NC(=O)NCc2ccc(-c3ccco3)cc2F)C1. The Morgan fingerprint density at radius 1 is 1.32 bits per heavy atom. The molecule has 0 radical (unpaired) electrons. The van der Waals surface area contributed by atoms with Gasteiger partial charge in [0.25, 0.3) is 0 Å². The number of likely N-dealkylation sites (N-methyl/N-ethyl adjacent to an activating group) is 1. The van der Waals surface area contributed by atoms with Crippen LogP contribution in [-0.2, 0) is 11.3 Å². The Kier molecular flexibility index (Phi) is 6.30. The Balaban J connectivity index is 1.43. The van der Waals surface area contributed by atoms with Crippen molar-refractivity contribution >= 4 is 12.0 Å². The van der Waals surface area contributed by atoms with Gasteiger partial charge in [-0.05, 0) is 37.6 Å². The zero-order valence-corrected chi connectivity index (χ0v) is 15.7. The molecule has 1 aromatic carbocycles. The first-order valence-corrected chi connectivity index (χ1v) is 9.28. The van der Waals surface area contributed by atoms with Crippen molar-refractivity contribution in [1.29, 1.82) is 0 Å². The lowest BCUT2D eigenvalue weighted by molar-refractivity contribution is -0.139. The van der Waals surface area contributed by atoms with E-state index in [1.54, 1.807) is 24.3 Å². The van der Waals surface area contributed by atoms with Crippen LogP contribution in [-0.4, -0.2) is 47.2 Å². The number of carboxylic acid groups (broad SMARTS) is 1. The minimum atomic E-state index is -0.851. The van der Waals surface area contributed by atoms with Gasteiger partial charge in [0.05, 0.1) is 12.8 Å². The maximum atomic E-state index is 14.2. The molecule has 1 fully saturated rings. The number of carbonyl (C=O) groups is 2. The van der Waals surface area contributed by atoms with E-state index < -0.39 is 11.8 Å². The summed E-state index contributed by atoms with van der Waals surface area (Å²) in [5, 5.41) is 14.4. The molecule has 0 aliphatic heterocycles. The number of halogens is 1. The van der Waals surface area contributed by atoms with Crippen molar-refractivity contribution in [2.75, 3.05) is 13.1 Å². The fraction of sp³-hybridized carbons (Fsp3) is 0.400. The number of aliphatic carboxylic acids is 1. The molecule has 0 spiro atoms. The van der Waals surface area contributed by atoms with Crippen LogP contribution in [0.1, 0.15) is 25.3 Å². The number of carbonyl (C=O) groups excluding carboxylic acids is 1. The molecule has 7 nitrogen and oxygen atoms in total. The van der Waals surface area contributed by atoms with Gasteiger partial charge in [-0.2, -0.15) is 0 Å². The summed E-state index contributed by atoms with van der Waals surface area (Å²) in [6.45, 7) is 2.66. The predicted molar refractivity (Wildman–Crippen MR) is 101 cm³/mol. The molecule has 0 saturated heterocycles. The van der Waals surface area contributed by atoms with E-state index >= 15 is 0 Å². The minimum Gasteiger partial charge on any atom is -0.480 e. The molecule has 150 valence electrons. The number of benzene rings is 1. The molecule has 0 atom stereocenters. The standard InChI is InChI=1S/C20H24FN3O4/c1-2-24(12-19(25)26)16-9-15(10-16)23-20(27)22-11-14-6-5-13(8-17(14)21)18-4-3-7-28-18/h3-8,15-16H,2,9-12H2,1H3,(H,25,26)(H2,22,23,27). The fourth-order valence-electron chi connectivity index (χ4n) is 3.38. The van der Waals surface area contributed by atoms with E-state index in [1.165, 1.54) is 12.3 Å². The zero-order valence-electron chi connectivity index (χ0n) is 15.7. The van der Waals surface area contributed by atoms with Crippen LogP contribution in [0.2, 0.25) is 0 Å². The molecule has 0 unspecified atom stereocenters. The molecule has 1 aliphatic carbocycles. The van der Waals surface area contributed by atoms with Gasteiger partial charge in [0, 0.05) is 29.8 Å². The van der Waals surface area contributed by atoms with Crippen molar-refractivity contribution in [3.63, 3.8) is 0 Å². The van der Waals surface area contributed by atoms with Gasteiger partial charge in [0.15, 0.2) is 0 Å². The number of rotatable bonds is 8. The highest BCUT2D eigenvalue weighted by Crippen LogP contribution is 2.25. The third-order valence-electron chi connectivity index (χ3n) is 5.01. The van der Waals surface area contributed by atoms with Gasteiger partial charge < -0.3 is 20.2 Å². The summed E-state index contributed by atoms with van der Waals surface area (Å²) >= 11 is 0. The number of furan rings is 1. The highest BCUT2D eigenvalue weighted by atomic mass is 19.1. The van der Waals surface area contributed by atoms with Gasteiger partial charge in [-0.15, -0.1) is 0 Å². The Morgan fingerprint density at radius 2 is 2.11 bits per heavy atom. The van der Waals surface area contributed by atoms with Crippen LogP contribution in [0, 0.1) is 5.82 Å². The topological polar surface area (TPSA) is 94.8 Å². The van der Waals surface area contributed by atoms with Crippen LogP contribution in [0.15, 0.2) is 41.0 Å². The first-order chi connectivity index (χ1) is 13.5. The lowest BCUT2D eigenvalue weighted by atomic mass is 9.85. The second-order valence-corrected chi connectivity index (χ2v) is 6.89. The first kappa shape index (κ1) is 19.9. The van der Waals surface area contributed by atoms with Crippen molar-refractivity contribution in [2.24, 2.45) is 0 Å². The van der Waals surface area contributed by atoms with Crippen molar-refractivity contribution in [3.8, 4) is 11.3 Å².